The minimum atomic E-state index is -1.64. The number of carboxylic acids is 1. The lowest BCUT2D eigenvalue weighted by molar-refractivity contribution is -0.870. The molecule has 2 atom stereocenters. The van der Waals surface area contributed by atoms with E-state index in [1.807, 2.05) is 21.1 Å². The Balaban J connectivity index is 4.17. The average Bonchev–Trinajstić information content (AvgIpc) is 3.73. The Labute approximate surface area is 572 Å². The first kappa shape index (κ1) is 87.9. The topological polar surface area (TPSA) is 111 Å². The van der Waals surface area contributed by atoms with E-state index in [0.717, 1.165) is 135 Å². The van der Waals surface area contributed by atoms with Gasteiger partial charge in [0.15, 0.2) is 12.4 Å². The van der Waals surface area contributed by atoms with Crippen LogP contribution in [0.3, 0.4) is 0 Å². The maximum absolute atomic E-state index is 13.0. The molecule has 0 aromatic heterocycles. The van der Waals surface area contributed by atoms with E-state index >= 15 is 0 Å². The molecule has 0 N–H and O–H groups in total. The molecule has 0 saturated carbocycles. The smallest absolute Gasteiger partial charge is 0.306 e. The Hall–Kier alpha value is -5.09. The van der Waals surface area contributed by atoms with Crippen LogP contribution in [0.25, 0.3) is 0 Å². The van der Waals surface area contributed by atoms with E-state index in [1.165, 1.54) is 128 Å². The molecular formula is C84H139NO8. The van der Waals surface area contributed by atoms with Crippen molar-refractivity contribution in [1.82, 2.24) is 0 Å². The van der Waals surface area contributed by atoms with Gasteiger partial charge in [-0.3, -0.25) is 9.59 Å². The summed E-state index contributed by atoms with van der Waals surface area (Å²) in [6, 6.07) is 0. The molecule has 0 heterocycles. The van der Waals surface area contributed by atoms with Crippen LogP contribution in [0.2, 0.25) is 0 Å². The monoisotopic (exact) mass is 1290 g/mol. The lowest BCUT2D eigenvalue weighted by Crippen LogP contribution is -2.44. The third-order valence-electron chi connectivity index (χ3n) is 15.8. The van der Waals surface area contributed by atoms with Gasteiger partial charge in [-0.2, -0.15) is 0 Å². The molecule has 0 aliphatic rings. The summed E-state index contributed by atoms with van der Waals surface area (Å²) in [7, 11) is 5.92. The zero-order valence-electron chi connectivity index (χ0n) is 60.3. The molecule has 2 unspecified atom stereocenters. The van der Waals surface area contributed by atoms with E-state index in [0.29, 0.717) is 17.4 Å². The van der Waals surface area contributed by atoms with Gasteiger partial charge in [-0.15, -0.1) is 0 Å². The molecule has 0 fully saturated rings. The molecule has 0 aliphatic heterocycles. The van der Waals surface area contributed by atoms with Crippen molar-refractivity contribution in [2.45, 2.75) is 309 Å². The number of hydrogen-bond donors (Lipinski definition) is 0. The molecule has 0 spiro atoms. The highest BCUT2D eigenvalue weighted by molar-refractivity contribution is 5.70. The van der Waals surface area contributed by atoms with Gasteiger partial charge in [0, 0.05) is 12.8 Å². The second-order valence-electron chi connectivity index (χ2n) is 25.9. The Morgan fingerprint density at radius 2 is 0.613 bits per heavy atom. The zero-order chi connectivity index (χ0) is 67.5. The number of nitrogens with zero attached hydrogens (tertiary/aromatic N) is 1. The number of carbonyl (C=O) groups excluding carboxylic acids is 3. The van der Waals surface area contributed by atoms with Crippen LogP contribution in [0.15, 0.2) is 158 Å². The molecule has 0 bridgehead atoms. The van der Waals surface area contributed by atoms with Crippen LogP contribution in [-0.4, -0.2) is 82.3 Å². The fourth-order valence-electron chi connectivity index (χ4n) is 10.0. The fourth-order valence-corrected chi connectivity index (χ4v) is 10.0. The van der Waals surface area contributed by atoms with E-state index in [4.69, 9.17) is 18.9 Å². The second-order valence-corrected chi connectivity index (χ2v) is 25.9. The number of allylic oxidation sites excluding steroid dienone is 26. The van der Waals surface area contributed by atoms with Gasteiger partial charge in [0.25, 0.3) is 0 Å². The number of quaternary nitrogens is 1. The van der Waals surface area contributed by atoms with Crippen LogP contribution in [-0.2, 0) is 33.3 Å². The van der Waals surface area contributed by atoms with Crippen molar-refractivity contribution in [3.63, 3.8) is 0 Å². The maximum atomic E-state index is 13.0. The molecule has 0 amide bonds. The third-order valence-corrected chi connectivity index (χ3v) is 15.8. The average molecular weight is 1290 g/mol. The normalized spacial score (nSPS) is 13.6. The predicted octanol–water partition coefficient (Wildman–Crippen LogP) is 22.7. The van der Waals surface area contributed by atoms with E-state index < -0.39 is 24.3 Å². The fraction of sp³-hybridized carbons (Fsp3) is 0.655. The molecule has 9 heteroatoms. The summed E-state index contributed by atoms with van der Waals surface area (Å²) in [5.74, 6) is -2.31. The molecule has 0 aromatic carbocycles. The molecule has 0 rings (SSSR count). The summed E-state index contributed by atoms with van der Waals surface area (Å²) in [6.45, 7) is 4.61. The second kappa shape index (κ2) is 72.7. The quantitative estimate of drug-likeness (QED) is 0.0195. The highest BCUT2D eigenvalue weighted by Gasteiger charge is 2.22. The summed E-state index contributed by atoms with van der Waals surface area (Å²) in [5.41, 5.74) is 0. The first-order chi connectivity index (χ1) is 45.6. The molecule has 9 nitrogen and oxygen atoms in total. The first-order valence-electron chi connectivity index (χ1n) is 37.6. The Bertz CT molecular complexity index is 2090. The number of carbonyl (C=O) groups is 3. The van der Waals surface area contributed by atoms with Crippen molar-refractivity contribution in [2.75, 3.05) is 47.5 Å². The Kier molecular flexibility index (Phi) is 68.8. The van der Waals surface area contributed by atoms with Crippen molar-refractivity contribution in [2.24, 2.45) is 0 Å². The van der Waals surface area contributed by atoms with Crippen LogP contribution in [0.4, 0.5) is 0 Å². The molecule has 93 heavy (non-hydrogen) atoms. The lowest BCUT2D eigenvalue weighted by Gasteiger charge is -2.26. The van der Waals surface area contributed by atoms with Crippen LogP contribution in [0, 0.1) is 0 Å². The van der Waals surface area contributed by atoms with Gasteiger partial charge in [0.2, 0.25) is 0 Å². The van der Waals surface area contributed by atoms with Gasteiger partial charge >= 0.3 is 11.9 Å². The summed E-state index contributed by atoms with van der Waals surface area (Å²) in [4.78, 5) is 37.6. The minimum absolute atomic E-state index is 0.137. The van der Waals surface area contributed by atoms with E-state index in [9.17, 15) is 19.5 Å². The highest BCUT2D eigenvalue weighted by atomic mass is 16.7. The number of likely N-dealkylation sites (N-methyl/N-ethyl adjacent to an activating group) is 1. The molecule has 0 aliphatic carbocycles. The van der Waals surface area contributed by atoms with Gasteiger partial charge in [-0.05, 0) is 128 Å². The first-order valence-corrected chi connectivity index (χ1v) is 37.6. The van der Waals surface area contributed by atoms with E-state index in [1.54, 1.807) is 0 Å². The zero-order valence-corrected chi connectivity index (χ0v) is 60.3. The lowest BCUT2D eigenvalue weighted by atomic mass is 10.0. The van der Waals surface area contributed by atoms with Gasteiger partial charge in [0.1, 0.15) is 13.2 Å². The largest absolute Gasteiger partial charge is 0.545 e. The van der Waals surface area contributed by atoms with E-state index in [-0.39, 0.29) is 38.6 Å². The number of aliphatic carboxylic acids is 1. The van der Waals surface area contributed by atoms with Crippen LogP contribution >= 0.6 is 0 Å². The van der Waals surface area contributed by atoms with Crippen molar-refractivity contribution >= 4 is 17.9 Å². The number of carboxylic acid groups (broad SMARTS) is 1. The van der Waals surface area contributed by atoms with Crippen molar-refractivity contribution in [3.05, 3.63) is 158 Å². The number of hydrogen-bond acceptors (Lipinski definition) is 8. The van der Waals surface area contributed by atoms with Crippen molar-refractivity contribution in [3.8, 4) is 0 Å². The van der Waals surface area contributed by atoms with Gasteiger partial charge in [0.05, 0.1) is 40.3 Å². The van der Waals surface area contributed by atoms with Gasteiger partial charge in [-0.1, -0.05) is 313 Å². The Morgan fingerprint density at radius 1 is 0.333 bits per heavy atom. The number of esters is 2. The summed E-state index contributed by atoms with van der Waals surface area (Å²) < 4.78 is 22.8. The maximum Gasteiger partial charge on any atom is 0.306 e. The molecular weight excluding hydrogens is 1150 g/mol. The van der Waals surface area contributed by atoms with Crippen LogP contribution < -0.4 is 5.11 Å². The minimum Gasteiger partial charge on any atom is -0.545 e. The molecule has 528 valence electrons. The molecule has 0 aromatic rings. The summed E-state index contributed by atoms with van der Waals surface area (Å²) in [6.07, 6.45) is 105. The summed E-state index contributed by atoms with van der Waals surface area (Å²) in [5, 5.41) is 11.8. The number of rotatable bonds is 68. The third kappa shape index (κ3) is 74.2. The Morgan fingerprint density at radius 3 is 0.914 bits per heavy atom. The number of unbranched alkanes of at least 4 members (excludes halogenated alkanes) is 27. The van der Waals surface area contributed by atoms with Crippen molar-refractivity contribution < 1.29 is 42.9 Å². The SMILES string of the molecule is CC/C=C\C/C=C\C/C=C\C/C=C\C/C=C\C/C=C\C/C=C\C/C=C\C/C=C\C/C=C\CCCCCCCCC(=O)OC(COC(=O)CCCCCCCCCCCCCCCCCC/C=C\C/C=C\C/C=C\CCCCCCC)COC(OCC[N+](C)(C)C)C(=O)[O-]. The van der Waals surface area contributed by atoms with Gasteiger partial charge in [-0.25, -0.2) is 0 Å². The van der Waals surface area contributed by atoms with Crippen LogP contribution in [0.1, 0.15) is 296 Å². The summed E-state index contributed by atoms with van der Waals surface area (Å²) >= 11 is 0. The predicted molar refractivity (Wildman–Crippen MR) is 398 cm³/mol. The van der Waals surface area contributed by atoms with E-state index in [2.05, 4.69) is 172 Å². The van der Waals surface area contributed by atoms with Crippen molar-refractivity contribution in [1.29, 1.82) is 0 Å². The van der Waals surface area contributed by atoms with Crippen LogP contribution in [0.5, 0.6) is 0 Å². The standard InChI is InChI=1S/C84H139NO8/c1-6-8-10-12-14-16-18-20-22-24-26-28-30-32-34-36-38-39-40-41-42-43-45-47-49-51-53-55-57-59-61-63-65-67-69-71-73-75-82(87)93-80(79-92-84(83(88)89)90-77-76-85(3,4)5)78-91-81(86)74-72-70-68-66-64-62-60-58-56-54-52-50-48-46-44-37-35-33-31-29-27-25-23-21-19-17-15-13-11-9-7-2/h8,10,14,16,19-22,25-28,31-34,38-39,41-42,45,47,51,53,57,59,80,84H,6-7,9,11-13,15,17-18,23-24,29-30,35-37,40,43-44,46,48-50,52,54-56,58,60-79H2,1-5H3/b10-8-,16-14-,21-19-,22-20-,27-25-,28-26-,33-31-,34-32-,39-38-,42-41-,47-45-,53-51-,59-57-. The molecule has 0 saturated heterocycles. The number of ether oxygens (including phenoxy) is 4. The molecule has 0 radical (unpaired) electrons. The highest BCUT2D eigenvalue weighted by Crippen LogP contribution is 2.17. The van der Waals surface area contributed by atoms with Gasteiger partial charge < -0.3 is 33.3 Å².